The summed E-state index contributed by atoms with van der Waals surface area (Å²) in [6.45, 7) is 2.61. The number of rotatable bonds is 4. The van der Waals surface area contributed by atoms with Crippen molar-refractivity contribution in [1.29, 1.82) is 0 Å². The second-order valence-corrected chi connectivity index (χ2v) is 2.88. The van der Waals surface area contributed by atoms with Crippen molar-refractivity contribution >= 4 is 5.57 Å². The van der Waals surface area contributed by atoms with E-state index >= 15 is 0 Å². The van der Waals surface area contributed by atoms with Crippen LogP contribution in [0.3, 0.4) is 0 Å². The molecule has 0 aliphatic heterocycles. The monoisotopic (exact) mass is 193 g/mol. The molecule has 1 heterocycles. The van der Waals surface area contributed by atoms with Gasteiger partial charge in [-0.3, -0.25) is 0 Å². The van der Waals surface area contributed by atoms with Gasteiger partial charge in [-0.05, 0) is 25.5 Å². The highest BCUT2D eigenvalue weighted by atomic mass is 16.5. The van der Waals surface area contributed by atoms with Gasteiger partial charge in [0.2, 0.25) is 5.88 Å². The zero-order valence-corrected chi connectivity index (χ0v) is 8.53. The smallest absolute Gasteiger partial charge is 0.239 e. The van der Waals surface area contributed by atoms with E-state index < -0.39 is 0 Å². The molecule has 0 unspecified atom stereocenters. The molecule has 1 aromatic rings. The van der Waals surface area contributed by atoms with Crippen LogP contribution < -0.4 is 10.5 Å². The van der Waals surface area contributed by atoms with Gasteiger partial charge in [-0.15, -0.1) is 0 Å². The Kier molecular flexibility index (Phi) is 4.07. The van der Waals surface area contributed by atoms with Crippen LogP contribution in [0.15, 0.2) is 18.5 Å². The van der Waals surface area contributed by atoms with Crippen molar-refractivity contribution in [3.05, 3.63) is 24.2 Å². The topological polar surface area (TPSA) is 61.0 Å². The normalized spacial score (nSPS) is 11.5. The average molecular weight is 193 g/mol. The Labute approximate surface area is 83.8 Å². The molecule has 1 rings (SSSR count). The number of hydrogen-bond acceptors (Lipinski definition) is 4. The van der Waals surface area contributed by atoms with Gasteiger partial charge in [0, 0.05) is 12.4 Å². The lowest BCUT2D eigenvalue weighted by molar-refractivity contribution is 0.394. The van der Waals surface area contributed by atoms with Gasteiger partial charge in [0.25, 0.3) is 0 Å². The molecule has 0 atom stereocenters. The van der Waals surface area contributed by atoms with Crippen molar-refractivity contribution in [3.8, 4) is 5.88 Å². The summed E-state index contributed by atoms with van der Waals surface area (Å²) in [7, 11) is 1.59. The van der Waals surface area contributed by atoms with Crippen LogP contribution in [0.4, 0.5) is 0 Å². The number of aromatic nitrogens is 2. The molecular weight excluding hydrogens is 178 g/mol. The Balaban J connectivity index is 2.93. The van der Waals surface area contributed by atoms with Crippen LogP contribution in [-0.4, -0.2) is 23.6 Å². The van der Waals surface area contributed by atoms with E-state index in [2.05, 4.69) is 9.97 Å². The standard InChI is InChI=1S/C10H15N3O/c1-8(4-3-5-11)9-10(14-2)13-7-6-12-9/h4,6-7H,3,5,11H2,1-2H3. The van der Waals surface area contributed by atoms with Crippen molar-refractivity contribution in [1.82, 2.24) is 9.97 Å². The van der Waals surface area contributed by atoms with Gasteiger partial charge in [-0.25, -0.2) is 9.97 Å². The minimum absolute atomic E-state index is 0.554. The molecule has 76 valence electrons. The molecule has 0 amide bonds. The van der Waals surface area contributed by atoms with E-state index in [9.17, 15) is 0 Å². The highest BCUT2D eigenvalue weighted by molar-refractivity contribution is 5.63. The van der Waals surface area contributed by atoms with Gasteiger partial charge in [0.15, 0.2) is 0 Å². The summed E-state index contributed by atoms with van der Waals surface area (Å²) in [6.07, 6.45) is 6.13. The third-order valence-electron chi connectivity index (χ3n) is 1.85. The van der Waals surface area contributed by atoms with E-state index in [0.29, 0.717) is 12.4 Å². The fourth-order valence-electron chi connectivity index (χ4n) is 1.14. The molecule has 4 heteroatoms. The van der Waals surface area contributed by atoms with Crippen molar-refractivity contribution in [3.63, 3.8) is 0 Å². The van der Waals surface area contributed by atoms with Crippen LogP contribution in [0.1, 0.15) is 19.0 Å². The molecule has 1 aromatic heterocycles. The Morgan fingerprint density at radius 3 is 2.86 bits per heavy atom. The number of nitrogens with two attached hydrogens (primary N) is 1. The lowest BCUT2D eigenvalue weighted by Gasteiger charge is -2.05. The van der Waals surface area contributed by atoms with Crippen molar-refractivity contribution in [2.24, 2.45) is 5.73 Å². The minimum Gasteiger partial charge on any atom is -0.479 e. The summed E-state index contributed by atoms with van der Waals surface area (Å²) in [5, 5.41) is 0. The van der Waals surface area contributed by atoms with E-state index in [-0.39, 0.29) is 0 Å². The van der Waals surface area contributed by atoms with E-state index in [4.69, 9.17) is 10.5 Å². The summed E-state index contributed by atoms with van der Waals surface area (Å²) >= 11 is 0. The van der Waals surface area contributed by atoms with E-state index in [1.165, 1.54) is 0 Å². The largest absolute Gasteiger partial charge is 0.479 e. The maximum Gasteiger partial charge on any atom is 0.239 e. The molecule has 0 aliphatic carbocycles. The average Bonchev–Trinajstić information content (AvgIpc) is 2.25. The summed E-state index contributed by atoms with van der Waals surface area (Å²) < 4.78 is 5.10. The molecular formula is C10H15N3O. The van der Waals surface area contributed by atoms with Crippen molar-refractivity contribution in [2.45, 2.75) is 13.3 Å². The van der Waals surface area contributed by atoms with Crippen molar-refractivity contribution in [2.75, 3.05) is 13.7 Å². The van der Waals surface area contributed by atoms with Crippen LogP contribution >= 0.6 is 0 Å². The molecule has 0 aliphatic rings. The predicted molar refractivity (Wildman–Crippen MR) is 55.9 cm³/mol. The molecule has 0 bridgehead atoms. The summed E-state index contributed by atoms with van der Waals surface area (Å²) in [6, 6.07) is 0. The second kappa shape index (κ2) is 5.34. The maximum atomic E-state index is 5.41. The molecule has 0 fully saturated rings. The van der Waals surface area contributed by atoms with E-state index in [0.717, 1.165) is 17.7 Å². The molecule has 4 nitrogen and oxygen atoms in total. The molecule has 0 radical (unpaired) electrons. The van der Waals surface area contributed by atoms with E-state index in [1.807, 2.05) is 13.0 Å². The van der Waals surface area contributed by atoms with Gasteiger partial charge in [0.05, 0.1) is 7.11 Å². The van der Waals surface area contributed by atoms with Gasteiger partial charge >= 0.3 is 0 Å². The molecule has 0 spiro atoms. The number of ether oxygens (including phenoxy) is 1. The Morgan fingerprint density at radius 2 is 2.21 bits per heavy atom. The zero-order valence-electron chi connectivity index (χ0n) is 8.53. The fraction of sp³-hybridized carbons (Fsp3) is 0.400. The molecule has 14 heavy (non-hydrogen) atoms. The van der Waals surface area contributed by atoms with Gasteiger partial charge in [0.1, 0.15) is 5.69 Å². The molecule has 0 saturated heterocycles. The third-order valence-corrected chi connectivity index (χ3v) is 1.85. The SMILES string of the molecule is COc1nccnc1C(C)=CCCN. The van der Waals surface area contributed by atoms with Crippen LogP contribution in [0, 0.1) is 0 Å². The van der Waals surface area contributed by atoms with E-state index in [1.54, 1.807) is 19.5 Å². The number of allylic oxidation sites excluding steroid dienone is 1. The number of hydrogen-bond donors (Lipinski definition) is 1. The van der Waals surface area contributed by atoms with Gasteiger partial charge < -0.3 is 10.5 Å². The van der Waals surface area contributed by atoms with Crippen LogP contribution in [0.2, 0.25) is 0 Å². The highest BCUT2D eigenvalue weighted by Gasteiger charge is 2.05. The minimum atomic E-state index is 0.554. The molecule has 0 aromatic carbocycles. The van der Waals surface area contributed by atoms with Crippen LogP contribution in [0.25, 0.3) is 5.57 Å². The number of methoxy groups -OCH3 is 1. The first kappa shape index (κ1) is 10.7. The van der Waals surface area contributed by atoms with Crippen LogP contribution in [0.5, 0.6) is 5.88 Å². The summed E-state index contributed by atoms with van der Waals surface area (Å²) in [4.78, 5) is 8.28. The summed E-state index contributed by atoms with van der Waals surface area (Å²) in [5.74, 6) is 0.554. The Bertz CT molecular complexity index is 323. The lowest BCUT2D eigenvalue weighted by Crippen LogP contribution is -1.98. The van der Waals surface area contributed by atoms with Gasteiger partial charge in [-0.2, -0.15) is 0 Å². The first-order valence-electron chi connectivity index (χ1n) is 4.51. The quantitative estimate of drug-likeness (QED) is 0.781. The highest BCUT2D eigenvalue weighted by Crippen LogP contribution is 2.20. The third kappa shape index (κ3) is 2.53. The fourth-order valence-corrected chi connectivity index (χ4v) is 1.14. The Morgan fingerprint density at radius 1 is 1.50 bits per heavy atom. The number of nitrogens with zero attached hydrogens (tertiary/aromatic N) is 2. The molecule has 2 N–H and O–H groups in total. The van der Waals surface area contributed by atoms with Crippen LogP contribution in [-0.2, 0) is 0 Å². The zero-order chi connectivity index (χ0) is 10.4. The first-order chi connectivity index (χ1) is 6.79. The van der Waals surface area contributed by atoms with Crippen molar-refractivity contribution < 1.29 is 4.74 Å². The predicted octanol–water partition coefficient (Wildman–Crippen LogP) is 1.24. The maximum absolute atomic E-state index is 5.41. The first-order valence-corrected chi connectivity index (χ1v) is 4.51. The van der Waals surface area contributed by atoms with Gasteiger partial charge in [-0.1, -0.05) is 6.08 Å². The summed E-state index contributed by atoms with van der Waals surface area (Å²) in [5.41, 5.74) is 7.24. The Hall–Kier alpha value is -1.42. The molecule has 0 saturated carbocycles. The lowest BCUT2D eigenvalue weighted by atomic mass is 10.2. The second-order valence-electron chi connectivity index (χ2n) is 2.88.